The summed E-state index contributed by atoms with van der Waals surface area (Å²) in [6, 6.07) is 5.09. The van der Waals surface area contributed by atoms with Crippen molar-refractivity contribution in [2.24, 2.45) is 0 Å². The number of anilines is 1. The van der Waals surface area contributed by atoms with Gasteiger partial charge in [-0.15, -0.1) is 4.68 Å². The molecule has 162 valence electrons. The van der Waals surface area contributed by atoms with Crippen LogP contribution in [0.4, 0.5) is 10.6 Å². The molecule has 0 bridgehead atoms. The molecule has 4 rings (SSSR count). The quantitative estimate of drug-likeness (QED) is 0.641. The molecule has 0 aliphatic heterocycles. The first-order valence-electron chi connectivity index (χ1n) is 9.96. The van der Waals surface area contributed by atoms with Crippen LogP contribution in [0.3, 0.4) is 0 Å². The van der Waals surface area contributed by atoms with Gasteiger partial charge in [-0.2, -0.15) is 10.2 Å². The molecule has 31 heavy (non-hydrogen) atoms. The number of pyridine rings is 1. The minimum absolute atomic E-state index is 0.0683. The molecule has 3 heterocycles. The van der Waals surface area contributed by atoms with Crippen molar-refractivity contribution >= 4 is 29.4 Å². The number of aromatic nitrogens is 5. The van der Waals surface area contributed by atoms with E-state index in [0.717, 1.165) is 23.2 Å². The van der Waals surface area contributed by atoms with E-state index in [2.05, 4.69) is 20.5 Å². The van der Waals surface area contributed by atoms with Crippen LogP contribution in [0.25, 0.3) is 5.82 Å². The van der Waals surface area contributed by atoms with Crippen molar-refractivity contribution < 1.29 is 14.3 Å². The lowest BCUT2D eigenvalue weighted by Crippen LogP contribution is -2.29. The molecule has 0 spiro atoms. The minimum atomic E-state index is -0.674. The summed E-state index contributed by atoms with van der Waals surface area (Å²) < 4.78 is 8.09. The Kier molecular flexibility index (Phi) is 5.53. The molecule has 9 nitrogen and oxygen atoms in total. The zero-order valence-corrected chi connectivity index (χ0v) is 18.3. The van der Waals surface area contributed by atoms with E-state index in [0.29, 0.717) is 28.1 Å². The highest BCUT2D eigenvalue weighted by Crippen LogP contribution is 2.40. The van der Waals surface area contributed by atoms with E-state index in [4.69, 9.17) is 16.3 Å². The number of rotatable bonds is 5. The minimum Gasteiger partial charge on any atom is -0.442 e. The lowest BCUT2D eigenvalue weighted by molar-refractivity contribution is -0.115. The fraction of sp³-hybridized carbons (Fsp3) is 0.381. The zero-order valence-electron chi connectivity index (χ0n) is 17.5. The summed E-state index contributed by atoms with van der Waals surface area (Å²) >= 11 is 5.99. The van der Waals surface area contributed by atoms with Crippen molar-refractivity contribution in [2.45, 2.75) is 51.6 Å². The number of nitrogens with one attached hydrogen (secondary N) is 1. The maximum Gasteiger partial charge on any atom is 0.437 e. The molecule has 1 saturated carbocycles. The monoisotopic (exact) mass is 442 g/mol. The Morgan fingerprint density at radius 1 is 1.29 bits per heavy atom. The predicted octanol–water partition coefficient (Wildman–Crippen LogP) is 3.96. The summed E-state index contributed by atoms with van der Waals surface area (Å²) in [4.78, 5) is 29.4. The van der Waals surface area contributed by atoms with Gasteiger partial charge in [-0.05, 0) is 45.2 Å². The first-order chi connectivity index (χ1) is 14.7. The van der Waals surface area contributed by atoms with Gasteiger partial charge in [0.2, 0.25) is 5.91 Å². The number of nitrogens with zero attached hydrogens (tertiary/aromatic N) is 5. The third-order valence-electron chi connectivity index (χ3n) is 4.50. The molecule has 3 aromatic heterocycles. The van der Waals surface area contributed by atoms with Gasteiger partial charge in [0.1, 0.15) is 11.4 Å². The van der Waals surface area contributed by atoms with Crippen LogP contribution in [0.1, 0.15) is 50.8 Å². The van der Waals surface area contributed by atoms with Gasteiger partial charge < -0.3 is 10.1 Å². The van der Waals surface area contributed by atoms with E-state index in [1.54, 1.807) is 62.2 Å². The lowest BCUT2D eigenvalue weighted by atomic mass is 10.2. The Hall–Kier alpha value is -3.20. The Morgan fingerprint density at radius 2 is 2.06 bits per heavy atom. The Balaban J connectivity index is 1.48. The van der Waals surface area contributed by atoms with Crippen LogP contribution in [0.5, 0.6) is 0 Å². The van der Waals surface area contributed by atoms with Crippen LogP contribution in [0.2, 0.25) is 5.02 Å². The zero-order chi connectivity index (χ0) is 22.2. The third kappa shape index (κ3) is 5.29. The highest BCUT2D eigenvalue weighted by Gasteiger charge is 2.30. The molecule has 3 aromatic rings. The van der Waals surface area contributed by atoms with Gasteiger partial charge in [0.25, 0.3) is 0 Å². The summed E-state index contributed by atoms with van der Waals surface area (Å²) in [5.74, 6) is 0.870. The van der Waals surface area contributed by atoms with E-state index >= 15 is 0 Å². The van der Waals surface area contributed by atoms with Gasteiger partial charge >= 0.3 is 6.09 Å². The Morgan fingerprint density at radius 3 is 2.74 bits per heavy atom. The van der Waals surface area contributed by atoms with Gasteiger partial charge in [0, 0.05) is 35.5 Å². The average Bonchev–Trinajstić information content (AvgIpc) is 3.28. The predicted molar refractivity (Wildman–Crippen MR) is 115 cm³/mol. The number of amides is 1. The number of hydrogen-bond acceptors (Lipinski definition) is 6. The number of carbonyl (C=O) groups is 2. The van der Waals surface area contributed by atoms with Crippen molar-refractivity contribution in [1.82, 2.24) is 24.5 Å². The summed E-state index contributed by atoms with van der Waals surface area (Å²) in [5, 5.41) is 11.9. The second kappa shape index (κ2) is 8.14. The van der Waals surface area contributed by atoms with Crippen LogP contribution in [0, 0.1) is 0 Å². The van der Waals surface area contributed by atoms with E-state index < -0.39 is 11.7 Å². The Labute approximate surface area is 184 Å². The van der Waals surface area contributed by atoms with Crippen molar-refractivity contribution in [1.29, 1.82) is 0 Å². The molecule has 0 atom stereocenters. The molecule has 0 unspecified atom stereocenters. The number of halogens is 1. The van der Waals surface area contributed by atoms with E-state index in [1.807, 2.05) is 0 Å². The van der Waals surface area contributed by atoms with Crippen molar-refractivity contribution in [3.05, 3.63) is 53.1 Å². The molecule has 0 saturated heterocycles. The molecule has 10 heteroatoms. The highest BCUT2D eigenvalue weighted by molar-refractivity contribution is 6.30. The first kappa shape index (κ1) is 21.0. The van der Waals surface area contributed by atoms with E-state index in [-0.39, 0.29) is 12.3 Å². The molecular weight excluding hydrogens is 420 g/mol. The van der Waals surface area contributed by atoms with Crippen molar-refractivity contribution in [3.8, 4) is 5.82 Å². The fourth-order valence-electron chi connectivity index (χ4n) is 2.98. The molecule has 0 radical (unpaired) electrons. The molecule has 1 fully saturated rings. The number of carbonyl (C=O) groups excluding carboxylic acids is 2. The van der Waals surface area contributed by atoms with Gasteiger partial charge in [0.15, 0.2) is 5.82 Å². The van der Waals surface area contributed by atoms with Crippen LogP contribution in [-0.4, -0.2) is 42.1 Å². The molecular formula is C21H23ClN6O3. The largest absolute Gasteiger partial charge is 0.442 e. The summed E-state index contributed by atoms with van der Waals surface area (Å²) in [6.45, 7) is 5.34. The second-order valence-electron chi connectivity index (χ2n) is 8.47. The maximum atomic E-state index is 12.7. The average molecular weight is 443 g/mol. The molecule has 1 amide bonds. The first-order valence-corrected chi connectivity index (χ1v) is 10.3. The Bertz CT molecular complexity index is 1130. The lowest BCUT2D eigenvalue weighted by Gasteiger charge is -2.19. The summed E-state index contributed by atoms with van der Waals surface area (Å²) in [5.41, 5.74) is 0.790. The maximum absolute atomic E-state index is 12.7. The van der Waals surface area contributed by atoms with Crippen LogP contribution < -0.4 is 5.32 Å². The molecule has 0 aromatic carbocycles. The van der Waals surface area contributed by atoms with Crippen molar-refractivity contribution in [3.63, 3.8) is 0 Å². The fourth-order valence-corrected chi connectivity index (χ4v) is 3.13. The normalized spacial score (nSPS) is 13.8. The van der Waals surface area contributed by atoms with Crippen LogP contribution in [0.15, 0.2) is 36.8 Å². The van der Waals surface area contributed by atoms with E-state index in [1.165, 1.54) is 0 Å². The van der Waals surface area contributed by atoms with Gasteiger partial charge in [0.05, 0.1) is 18.3 Å². The topological polar surface area (TPSA) is 104 Å². The SMILES string of the molecule is CC(C)(C)OC(=O)n1nc(C2CC2)cc1NC(=O)Cc1cnn(-c2cc(Cl)ccn2)c1. The van der Waals surface area contributed by atoms with Crippen LogP contribution in [-0.2, 0) is 16.0 Å². The van der Waals surface area contributed by atoms with E-state index in [9.17, 15) is 9.59 Å². The standard InChI is InChI=1S/C21H23ClN6O3/c1-21(2,3)31-20(30)28-18(10-16(26-28)14-4-5-14)25-19(29)8-13-11-24-27(12-13)17-9-15(22)6-7-23-17/h6-7,9-12,14H,4-5,8H2,1-3H3,(H,25,29). The number of ether oxygens (including phenoxy) is 1. The number of hydrogen-bond donors (Lipinski definition) is 1. The smallest absolute Gasteiger partial charge is 0.437 e. The van der Waals surface area contributed by atoms with Crippen LogP contribution >= 0.6 is 11.6 Å². The van der Waals surface area contributed by atoms with Crippen molar-refractivity contribution in [2.75, 3.05) is 5.32 Å². The third-order valence-corrected chi connectivity index (χ3v) is 4.74. The molecule has 1 aliphatic rings. The van der Waals surface area contributed by atoms with Gasteiger partial charge in [-0.1, -0.05) is 11.6 Å². The summed E-state index contributed by atoms with van der Waals surface area (Å²) in [7, 11) is 0. The van der Waals surface area contributed by atoms with Gasteiger partial charge in [-0.3, -0.25) is 4.79 Å². The molecule has 1 aliphatic carbocycles. The van der Waals surface area contributed by atoms with Gasteiger partial charge in [-0.25, -0.2) is 14.5 Å². The second-order valence-corrected chi connectivity index (χ2v) is 8.91. The molecule has 1 N–H and O–H groups in total. The highest BCUT2D eigenvalue weighted by atomic mass is 35.5. The summed E-state index contributed by atoms with van der Waals surface area (Å²) in [6.07, 6.45) is 6.36.